The Labute approximate surface area is 113 Å². The molecule has 1 aromatic heterocycles. The first-order valence-corrected chi connectivity index (χ1v) is 6.60. The molecule has 1 aromatic rings. The topological polar surface area (TPSA) is 44.1 Å². The van der Waals surface area contributed by atoms with Gasteiger partial charge in [0, 0.05) is 6.61 Å². The lowest BCUT2D eigenvalue weighted by molar-refractivity contribution is 0.122. The molecule has 0 bridgehead atoms. The van der Waals surface area contributed by atoms with Gasteiger partial charge < -0.3 is 4.74 Å². The van der Waals surface area contributed by atoms with Gasteiger partial charge in [0.15, 0.2) is 0 Å². The number of unbranched alkanes of at least 4 members (excludes halogenated alkanes) is 1. The van der Waals surface area contributed by atoms with Crippen molar-refractivity contribution in [2.24, 2.45) is 0 Å². The Morgan fingerprint density at radius 3 is 3.00 bits per heavy atom. The van der Waals surface area contributed by atoms with Gasteiger partial charge in [0.2, 0.25) is 0 Å². The van der Waals surface area contributed by atoms with E-state index in [-0.39, 0.29) is 10.7 Å². The molecule has 0 spiro atoms. The highest BCUT2D eigenvalue weighted by atomic mass is 127. The van der Waals surface area contributed by atoms with Crippen molar-refractivity contribution in [2.75, 3.05) is 13.2 Å². The molecule has 0 amide bonds. The van der Waals surface area contributed by atoms with Crippen LogP contribution in [0.5, 0.6) is 0 Å². The average Bonchev–Trinajstić information content (AvgIpc) is 2.28. The maximum absolute atomic E-state index is 11.7. The minimum atomic E-state index is -0.111. The average molecular weight is 357 g/mol. The van der Waals surface area contributed by atoms with Gasteiger partial charge in [-0.15, -0.1) is 0 Å². The van der Waals surface area contributed by atoms with E-state index in [1.54, 1.807) is 0 Å². The summed E-state index contributed by atoms with van der Waals surface area (Å²) in [6.07, 6.45) is 3.61. The lowest BCUT2D eigenvalue weighted by atomic mass is 10.4. The molecule has 1 rings (SSSR count). The van der Waals surface area contributed by atoms with Crippen molar-refractivity contribution in [1.29, 1.82) is 0 Å². The maximum atomic E-state index is 11.7. The van der Waals surface area contributed by atoms with Crippen molar-refractivity contribution < 1.29 is 4.74 Å². The van der Waals surface area contributed by atoms with Crippen LogP contribution >= 0.6 is 34.2 Å². The zero-order valence-corrected chi connectivity index (χ0v) is 12.0. The first-order valence-electron chi connectivity index (χ1n) is 5.15. The molecule has 0 N–H and O–H groups in total. The minimum absolute atomic E-state index is 0.111. The highest BCUT2D eigenvalue weighted by Crippen LogP contribution is 2.09. The molecule has 0 aliphatic carbocycles. The second-order valence-electron chi connectivity index (χ2n) is 3.31. The highest BCUT2D eigenvalue weighted by Gasteiger charge is 2.06. The van der Waals surface area contributed by atoms with Crippen molar-refractivity contribution in [1.82, 2.24) is 9.55 Å². The van der Waals surface area contributed by atoms with Crippen molar-refractivity contribution in [3.05, 3.63) is 25.4 Å². The molecule has 4 nitrogen and oxygen atoms in total. The summed E-state index contributed by atoms with van der Waals surface area (Å²) in [6.45, 7) is 3.89. The molecule has 0 unspecified atom stereocenters. The van der Waals surface area contributed by atoms with Gasteiger partial charge in [-0.2, -0.15) is 0 Å². The zero-order chi connectivity index (χ0) is 12.0. The smallest absolute Gasteiger partial charge is 0.268 e. The highest BCUT2D eigenvalue weighted by molar-refractivity contribution is 14.1. The lowest BCUT2D eigenvalue weighted by Crippen LogP contribution is -2.25. The van der Waals surface area contributed by atoms with Crippen LogP contribution < -0.4 is 5.56 Å². The Kier molecular flexibility index (Phi) is 6.30. The number of aromatic nitrogens is 2. The fourth-order valence-electron chi connectivity index (χ4n) is 1.11. The third-order valence-electron chi connectivity index (χ3n) is 2.06. The van der Waals surface area contributed by atoms with Gasteiger partial charge in [-0.25, -0.2) is 4.98 Å². The molecule has 0 fully saturated rings. The summed E-state index contributed by atoms with van der Waals surface area (Å²) in [7, 11) is 0. The third-order valence-corrected chi connectivity index (χ3v) is 3.64. The number of halogens is 2. The molecular formula is C10H14ClIN2O2. The number of hydrogen-bond donors (Lipinski definition) is 0. The second kappa shape index (κ2) is 7.24. The van der Waals surface area contributed by atoms with Crippen molar-refractivity contribution in [2.45, 2.75) is 26.3 Å². The van der Waals surface area contributed by atoms with E-state index >= 15 is 0 Å². The van der Waals surface area contributed by atoms with Crippen molar-refractivity contribution >= 4 is 34.2 Å². The van der Waals surface area contributed by atoms with Gasteiger partial charge >= 0.3 is 0 Å². The lowest BCUT2D eigenvalue weighted by Gasteiger charge is -2.06. The fourth-order valence-corrected chi connectivity index (χ4v) is 1.69. The Morgan fingerprint density at radius 1 is 1.56 bits per heavy atom. The molecular weight excluding hydrogens is 342 g/mol. The molecule has 0 aliphatic heterocycles. The van der Waals surface area contributed by atoms with Crippen LogP contribution in [0, 0.1) is 3.57 Å². The molecule has 0 radical (unpaired) electrons. The Balaban J connectivity index is 2.49. The van der Waals surface area contributed by atoms with Gasteiger partial charge in [0.05, 0.1) is 19.5 Å². The summed E-state index contributed by atoms with van der Waals surface area (Å²) >= 11 is 7.63. The molecule has 1 heterocycles. The molecule has 0 saturated carbocycles. The molecule has 90 valence electrons. The Hall–Kier alpha value is -0.140. The van der Waals surface area contributed by atoms with E-state index in [9.17, 15) is 4.79 Å². The van der Waals surface area contributed by atoms with E-state index < -0.39 is 0 Å². The van der Waals surface area contributed by atoms with E-state index in [4.69, 9.17) is 16.3 Å². The predicted molar refractivity (Wildman–Crippen MR) is 72.0 cm³/mol. The van der Waals surface area contributed by atoms with Gasteiger partial charge in [0.1, 0.15) is 8.72 Å². The van der Waals surface area contributed by atoms with Gasteiger partial charge in [-0.3, -0.25) is 9.36 Å². The van der Waals surface area contributed by atoms with E-state index in [1.807, 2.05) is 22.6 Å². The minimum Gasteiger partial charge on any atom is -0.380 e. The molecule has 0 saturated heterocycles. The van der Waals surface area contributed by atoms with Crippen LogP contribution in [0.1, 0.15) is 19.8 Å². The van der Waals surface area contributed by atoms with Crippen LogP contribution in [0.3, 0.4) is 0 Å². The van der Waals surface area contributed by atoms with Crippen LogP contribution in [-0.4, -0.2) is 22.8 Å². The molecule has 0 aliphatic rings. The quantitative estimate of drug-likeness (QED) is 0.446. The molecule has 16 heavy (non-hydrogen) atoms. The predicted octanol–water partition coefficient (Wildman–Crippen LogP) is 2.32. The van der Waals surface area contributed by atoms with Gasteiger partial charge in [-0.1, -0.05) is 24.9 Å². The van der Waals surface area contributed by atoms with Crippen LogP contribution in [0.25, 0.3) is 0 Å². The zero-order valence-electron chi connectivity index (χ0n) is 9.08. The third kappa shape index (κ3) is 4.03. The first-order chi connectivity index (χ1) is 7.66. The molecule has 0 atom stereocenters. The second-order valence-corrected chi connectivity index (χ2v) is 4.75. The first kappa shape index (κ1) is 13.9. The number of rotatable bonds is 6. The van der Waals surface area contributed by atoms with Crippen LogP contribution in [0.4, 0.5) is 0 Å². The summed E-state index contributed by atoms with van der Waals surface area (Å²) in [5, 5.41) is 0.258. The molecule has 6 heteroatoms. The standard InChI is InChI=1S/C10H14ClIN2O2/c1-2-3-5-16-6-4-14-7-13-9(11)8(12)10(14)15/h7H,2-6H2,1H3. The SMILES string of the molecule is CCCCOCCn1cnc(Cl)c(I)c1=O. The summed E-state index contributed by atoms with van der Waals surface area (Å²) in [4.78, 5) is 15.6. The van der Waals surface area contributed by atoms with Gasteiger partial charge in [-0.05, 0) is 29.0 Å². The largest absolute Gasteiger partial charge is 0.380 e. The van der Waals surface area contributed by atoms with E-state index in [2.05, 4.69) is 11.9 Å². The summed E-state index contributed by atoms with van der Waals surface area (Å²) < 4.78 is 7.35. The number of nitrogens with zero attached hydrogens (tertiary/aromatic N) is 2. The van der Waals surface area contributed by atoms with Crippen molar-refractivity contribution in [3.63, 3.8) is 0 Å². The monoisotopic (exact) mass is 356 g/mol. The summed E-state index contributed by atoms with van der Waals surface area (Å²) in [5.41, 5.74) is -0.111. The van der Waals surface area contributed by atoms with E-state index in [0.717, 1.165) is 19.4 Å². The fraction of sp³-hybridized carbons (Fsp3) is 0.600. The van der Waals surface area contributed by atoms with E-state index in [0.29, 0.717) is 16.7 Å². The normalized spacial score (nSPS) is 10.7. The summed E-state index contributed by atoms with van der Waals surface area (Å²) in [5.74, 6) is 0. The van der Waals surface area contributed by atoms with Gasteiger partial charge in [0.25, 0.3) is 5.56 Å². The Morgan fingerprint density at radius 2 is 2.31 bits per heavy atom. The van der Waals surface area contributed by atoms with Crippen molar-refractivity contribution in [3.8, 4) is 0 Å². The Bertz CT molecular complexity index is 395. The molecule has 0 aromatic carbocycles. The number of ether oxygens (including phenoxy) is 1. The van der Waals surface area contributed by atoms with E-state index in [1.165, 1.54) is 10.9 Å². The summed E-state index contributed by atoms with van der Waals surface area (Å²) in [6, 6.07) is 0. The number of hydrogen-bond acceptors (Lipinski definition) is 3. The van der Waals surface area contributed by atoms with Crippen LogP contribution in [0.2, 0.25) is 5.15 Å². The maximum Gasteiger partial charge on any atom is 0.268 e. The van der Waals surface area contributed by atoms with Crippen LogP contribution in [-0.2, 0) is 11.3 Å². The van der Waals surface area contributed by atoms with Crippen LogP contribution in [0.15, 0.2) is 11.1 Å².